The molecular formula is C22H22N4O5S. The molecule has 2 unspecified atom stereocenters. The van der Waals surface area contributed by atoms with Gasteiger partial charge in [-0.2, -0.15) is 0 Å². The van der Waals surface area contributed by atoms with Gasteiger partial charge >= 0.3 is 0 Å². The number of hydrogen-bond acceptors (Lipinski definition) is 7. The van der Waals surface area contributed by atoms with Gasteiger partial charge in [0.15, 0.2) is 0 Å². The van der Waals surface area contributed by atoms with Crippen LogP contribution < -0.4 is 16.0 Å². The lowest BCUT2D eigenvalue weighted by Crippen LogP contribution is -2.54. The van der Waals surface area contributed by atoms with Crippen LogP contribution in [0.15, 0.2) is 41.5 Å². The van der Waals surface area contributed by atoms with Crippen LogP contribution in [0.5, 0.6) is 0 Å². The number of carbonyl (C=O) groups is 5. The molecule has 0 spiro atoms. The molecule has 0 aliphatic carbocycles. The Kier molecular flexibility index (Phi) is 6.13. The molecule has 4 rings (SSSR count). The van der Waals surface area contributed by atoms with E-state index in [1.807, 2.05) is 12.3 Å². The van der Waals surface area contributed by atoms with Crippen molar-refractivity contribution in [3.05, 3.63) is 58.1 Å². The van der Waals surface area contributed by atoms with Gasteiger partial charge in [-0.05, 0) is 35.9 Å². The van der Waals surface area contributed by atoms with E-state index >= 15 is 0 Å². The minimum absolute atomic E-state index is 0.0680. The smallest absolute Gasteiger partial charge is 0.262 e. The minimum Gasteiger partial charge on any atom is -0.376 e. The Hall–Kier alpha value is -3.40. The van der Waals surface area contributed by atoms with Crippen LogP contribution in [0, 0.1) is 0 Å². The van der Waals surface area contributed by atoms with Crippen LogP contribution in [0.3, 0.4) is 0 Å². The molecule has 2 atom stereocenters. The summed E-state index contributed by atoms with van der Waals surface area (Å²) >= 11 is 1.67. The van der Waals surface area contributed by atoms with Crippen LogP contribution >= 0.6 is 11.8 Å². The number of thioether (sulfide) groups is 1. The molecule has 166 valence electrons. The standard InChI is InChI=1S/C22H22N4O5S/c1-2-32-13-4-6-16(23-11-13)19(28)24-10-12-3-5-14-15(9-12)22(31)26(21(14)30)17-7-8-18(27)25-20(17)29/h3-6,9,11,16-17,23H,2,7-8,10H2,1H3,(H,24,28)(H,25,27,29). The topological polar surface area (TPSA) is 125 Å². The third kappa shape index (κ3) is 4.18. The summed E-state index contributed by atoms with van der Waals surface area (Å²) in [6.45, 7) is 2.23. The lowest BCUT2D eigenvalue weighted by Gasteiger charge is -2.27. The molecule has 0 radical (unpaired) electrons. The second-order valence-corrected chi connectivity index (χ2v) is 8.87. The fourth-order valence-electron chi connectivity index (χ4n) is 3.81. The number of dihydropyridines is 1. The number of amides is 5. The molecule has 3 aliphatic rings. The first-order valence-electron chi connectivity index (χ1n) is 10.3. The highest BCUT2D eigenvalue weighted by molar-refractivity contribution is 8.03. The first kappa shape index (κ1) is 21.8. The normalized spacial score (nSPS) is 22.3. The quantitative estimate of drug-likeness (QED) is 0.544. The molecular weight excluding hydrogens is 432 g/mol. The maximum atomic E-state index is 12.9. The monoisotopic (exact) mass is 454 g/mol. The molecule has 3 heterocycles. The van der Waals surface area contributed by atoms with Crippen molar-refractivity contribution >= 4 is 41.3 Å². The van der Waals surface area contributed by atoms with Gasteiger partial charge in [-0.25, -0.2) is 0 Å². The molecule has 1 aromatic carbocycles. The Morgan fingerprint density at radius 1 is 1.19 bits per heavy atom. The summed E-state index contributed by atoms with van der Waals surface area (Å²) in [6.07, 6.45) is 5.67. The number of benzene rings is 1. The fourth-order valence-corrected chi connectivity index (χ4v) is 4.47. The molecule has 0 aromatic heterocycles. The summed E-state index contributed by atoms with van der Waals surface area (Å²) in [5, 5.41) is 8.03. The number of nitrogens with zero attached hydrogens (tertiary/aromatic N) is 1. The summed E-state index contributed by atoms with van der Waals surface area (Å²) < 4.78 is 0. The minimum atomic E-state index is -1.00. The van der Waals surface area contributed by atoms with E-state index in [1.165, 1.54) is 6.07 Å². The zero-order valence-corrected chi connectivity index (χ0v) is 18.2. The van der Waals surface area contributed by atoms with Crippen molar-refractivity contribution in [3.8, 4) is 0 Å². The molecule has 0 saturated carbocycles. The third-order valence-electron chi connectivity index (χ3n) is 5.42. The summed E-state index contributed by atoms with van der Waals surface area (Å²) in [4.78, 5) is 63.6. The Bertz CT molecular complexity index is 1080. The van der Waals surface area contributed by atoms with Gasteiger partial charge in [0, 0.05) is 24.1 Å². The van der Waals surface area contributed by atoms with E-state index in [-0.39, 0.29) is 36.4 Å². The summed E-state index contributed by atoms with van der Waals surface area (Å²) in [7, 11) is 0. The van der Waals surface area contributed by atoms with Gasteiger partial charge in [-0.3, -0.25) is 34.2 Å². The van der Waals surface area contributed by atoms with Crippen molar-refractivity contribution in [2.45, 2.75) is 38.4 Å². The first-order valence-corrected chi connectivity index (χ1v) is 11.3. The van der Waals surface area contributed by atoms with Gasteiger partial charge in [0.2, 0.25) is 17.7 Å². The highest BCUT2D eigenvalue weighted by Gasteiger charge is 2.44. The number of nitrogens with one attached hydrogen (secondary N) is 3. The molecule has 1 aromatic rings. The molecule has 1 fully saturated rings. The largest absolute Gasteiger partial charge is 0.376 e. The number of imide groups is 2. The molecule has 3 N–H and O–H groups in total. The van der Waals surface area contributed by atoms with E-state index in [9.17, 15) is 24.0 Å². The highest BCUT2D eigenvalue weighted by Crippen LogP contribution is 2.28. The van der Waals surface area contributed by atoms with Gasteiger partial charge < -0.3 is 10.6 Å². The predicted molar refractivity (Wildman–Crippen MR) is 117 cm³/mol. The number of allylic oxidation sites excluding steroid dienone is 1. The lowest BCUT2D eigenvalue weighted by molar-refractivity contribution is -0.136. The molecule has 9 nitrogen and oxygen atoms in total. The maximum absolute atomic E-state index is 12.9. The number of carbonyl (C=O) groups excluding carboxylic acids is 5. The van der Waals surface area contributed by atoms with Crippen molar-refractivity contribution in [1.29, 1.82) is 0 Å². The van der Waals surface area contributed by atoms with Crippen molar-refractivity contribution in [2.24, 2.45) is 0 Å². The van der Waals surface area contributed by atoms with Crippen LogP contribution in [0.4, 0.5) is 0 Å². The molecule has 3 aliphatic heterocycles. The van der Waals surface area contributed by atoms with E-state index in [1.54, 1.807) is 30.0 Å². The average Bonchev–Trinajstić information content (AvgIpc) is 3.03. The van der Waals surface area contributed by atoms with Crippen molar-refractivity contribution in [2.75, 3.05) is 5.75 Å². The third-order valence-corrected chi connectivity index (χ3v) is 6.30. The predicted octanol–water partition coefficient (Wildman–Crippen LogP) is 0.826. The second-order valence-electron chi connectivity index (χ2n) is 7.53. The number of hydrogen-bond donors (Lipinski definition) is 3. The average molecular weight is 455 g/mol. The lowest BCUT2D eigenvalue weighted by atomic mass is 10.0. The van der Waals surface area contributed by atoms with E-state index in [0.29, 0.717) is 5.56 Å². The van der Waals surface area contributed by atoms with Crippen LogP contribution in [0.1, 0.15) is 46.0 Å². The zero-order valence-electron chi connectivity index (χ0n) is 17.3. The summed E-state index contributed by atoms with van der Waals surface area (Å²) in [5.41, 5.74) is 1.05. The second kappa shape index (κ2) is 8.99. The van der Waals surface area contributed by atoms with E-state index in [4.69, 9.17) is 0 Å². The number of fused-ring (bicyclic) bond motifs is 1. The Labute approximate surface area is 188 Å². The SMILES string of the molecule is CCSC1=CNC(C(=O)NCc2ccc3c(c2)C(=O)N(C2CCC(=O)NC2=O)C3=O)C=C1. The number of rotatable bonds is 6. The molecule has 1 saturated heterocycles. The fraction of sp³-hybridized carbons (Fsp3) is 0.318. The van der Waals surface area contributed by atoms with Gasteiger partial charge in [-0.15, -0.1) is 11.8 Å². The molecule has 32 heavy (non-hydrogen) atoms. The molecule has 10 heteroatoms. The van der Waals surface area contributed by atoms with Gasteiger partial charge in [0.1, 0.15) is 12.1 Å². The van der Waals surface area contributed by atoms with E-state index < -0.39 is 35.7 Å². The molecule has 5 amide bonds. The van der Waals surface area contributed by atoms with Crippen molar-refractivity contribution in [1.82, 2.24) is 20.9 Å². The summed E-state index contributed by atoms with van der Waals surface area (Å²) in [6, 6.07) is 3.26. The van der Waals surface area contributed by atoms with Gasteiger partial charge in [0.05, 0.1) is 11.1 Å². The maximum Gasteiger partial charge on any atom is 0.262 e. The first-order chi connectivity index (χ1) is 15.4. The van der Waals surface area contributed by atoms with E-state index in [2.05, 4.69) is 22.9 Å². The Morgan fingerprint density at radius 2 is 1.97 bits per heavy atom. The highest BCUT2D eigenvalue weighted by atomic mass is 32.2. The van der Waals surface area contributed by atoms with Gasteiger partial charge in [0.25, 0.3) is 11.8 Å². The number of piperidine rings is 1. The van der Waals surface area contributed by atoms with Crippen molar-refractivity contribution < 1.29 is 24.0 Å². The Morgan fingerprint density at radius 3 is 2.66 bits per heavy atom. The Balaban J connectivity index is 1.41. The molecule has 0 bridgehead atoms. The van der Waals surface area contributed by atoms with Crippen LogP contribution in [0.2, 0.25) is 0 Å². The van der Waals surface area contributed by atoms with Crippen LogP contribution in [0.25, 0.3) is 0 Å². The van der Waals surface area contributed by atoms with Crippen LogP contribution in [-0.4, -0.2) is 52.3 Å². The summed E-state index contributed by atoms with van der Waals surface area (Å²) in [5.74, 6) is -1.47. The van der Waals surface area contributed by atoms with Gasteiger partial charge in [-0.1, -0.05) is 19.1 Å². The van der Waals surface area contributed by atoms with Crippen LogP contribution in [-0.2, 0) is 20.9 Å². The zero-order chi connectivity index (χ0) is 22.8. The van der Waals surface area contributed by atoms with E-state index in [0.717, 1.165) is 15.6 Å². The van der Waals surface area contributed by atoms with Crippen molar-refractivity contribution in [3.63, 3.8) is 0 Å².